The average Bonchev–Trinajstić information content (AvgIpc) is 3.13. The molecule has 0 bridgehead atoms. The van der Waals surface area contributed by atoms with Gasteiger partial charge >= 0.3 is 6.09 Å². The number of hydrogen-bond donors (Lipinski definition) is 0. The Morgan fingerprint density at radius 2 is 1.87 bits per heavy atom. The number of benzene rings is 1. The highest BCUT2D eigenvalue weighted by atomic mass is 32.2. The van der Waals surface area contributed by atoms with E-state index < -0.39 is 5.60 Å². The van der Waals surface area contributed by atoms with Crippen molar-refractivity contribution in [2.45, 2.75) is 59.2 Å². The molecule has 0 unspecified atom stereocenters. The molecule has 2 aromatic rings. The van der Waals surface area contributed by atoms with Gasteiger partial charge in [0.05, 0.1) is 10.5 Å². The first-order valence-electron chi connectivity index (χ1n) is 12.5. The van der Waals surface area contributed by atoms with E-state index >= 15 is 0 Å². The van der Waals surface area contributed by atoms with E-state index in [2.05, 4.69) is 9.97 Å². The van der Waals surface area contributed by atoms with Crippen molar-refractivity contribution in [3.05, 3.63) is 46.6 Å². The highest BCUT2D eigenvalue weighted by Crippen LogP contribution is 2.33. The number of rotatable bonds is 6. The van der Waals surface area contributed by atoms with Crippen LogP contribution in [0.4, 0.5) is 9.59 Å². The van der Waals surface area contributed by atoms with Crippen LogP contribution in [0.5, 0.6) is 17.5 Å². The predicted octanol–water partition coefficient (Wildman–Crippen LogP) is 5.41. The summed E-state index contributed by atoms with van der Waals surface area (Å²) >= 11 is 0.928. The number of amides is 3. The third kappa shape index (κ3) is 6.63. The summed E-state index contributed by atoms with van der Waals surface area (Å²) < 4.78 is 17.6. The van der Waals surface area contributed by atoms with Crippen molar-refractivity contribution >= 4 is 35.1 Å². The van der Waals surface area contributed by atoms with Gasteiger partial charge in [-0.15, -0.1) is 0 Å². The van der Waals surface area contributed by atoms with Crippen LogP contribution in [0.3, 0.4) is 0 Å². The molecular weight excluding hydrogens is 508 g/mol. The summed E-state index contributed by atoms with van der Waals surface area (Å²) in [5.74, 6) is 1.01. The highest BCUT2D eigenvalue weighted by Gasteiger charge is 2.33. The molecule has 0 saturated carbocycles. The Kier molecular flexibility index (Phi) is 8.25. The highest BCUT2D eigenvalue weighted by molar-refractivity contribution is 8.18. The fourth-order valence-corrected chi connectivity index (χ4v) is 4.89. The van der Waals surface area contributed by atoms with Gasteiger partial charge in [-0.05, 0) is 70.2 Å². The number of hydrogen-bond acceptors (Lipinski definition) is 9. The van der Waals surface area contributed by atoms with Gasteiger partial charge in [0.25, 0.3) is 11.1 Å². The summed E-state index contributed by atoms with van der Waals surface area (Å²) in [5.41, 5.74) is 0.845. The second-order valence-electron chi connectivity index (χ2n) is 9.99. The summed E-state index contributed by atoms with van der Waals surface area (Å²) in [6, 6.07) is 7.19. The molecule has 10 nitrogen and oxygen atoms in total. The van der Waals surface area contributed by atoms with E-state index in [1.807, 2.05) is 33.8 Å². The second kappa shape index (κ2) is 11.4. The molecule has 2 saturated heterocycles. The van der Waals surface area contributed by atoms with Crippen LogP contribution in [0, 0.1) is 6.92 Å². The predicted molar refractivity (Wildman–Crippen MR) is 143 cm³/mol. The van der Waals surface area contributed by atoms with E-state index in [4.69, 9.17) is 14.2 Å². The van der Waals surface area contributed by atoms with Gasteiger partial charge in [-0.1, -0.05) is 12.1 Å². The van der Waals surface area contributed by atoms with Crippen molar-refractivity contribution in [3.8, 4) is 17.5 Å². The molecule has 0 spiro atoms. The van der Waals surface area contributed by atoms with Crippen molar-refractivity contribution in [1.82, 2.24) is 19.8 Å². The Hall–Kier alpha value is -3.60. The van der Waals surface area contributed by atoms with Gasteiger partial charge in [0, 0.05) is 32.5 Å². The SMILES string of the molecule is CCN1C(=O)S/C(=C\c2cccc(Oc3ncnc(OC4CCN(C(=O)OC(C)(C)C)CC4)c3C)c2)C1=O. The number of carbonyl (C=O) groups is 3. The molecule has 2 aliphatic rings. The van der Waals surface area contributed by atoms with Gasteiger partial charge < -0.3 is 19.1 Å². The largest absolute Gasteiger partial charge is 0.474 e. The molecule has 0 aliphatic carbocycles. The molecular formula is C27H32N4O6S. The number of piperidine rings is 1. The molecule has 0 N–H and O–H groups in total. The molecule has 0 atom stereocenters. The molecule has 11 heteroatoms. The molecule has 1 aromatic carbocycles. The molecule has 202 valence electrons. The van der Waals surface area contributed by atoms with Crippen LogP contribution in [0.15, 0.2) is 35.5 Å². The molecule has 1 aromatic heterocycles. The topological polar surface area (TPSA) is 111 Å². The van der Waals surface area contributed by atoms with Crippen molar-refractivity contribution in [2.75, 3.05) is 19.6 Å². The Balaban J connectivity index is 1.40. The number of aromatic nitrogens is 2. The minimum Gasteiger partial charge on any atom is -0.474 e. The van der Waals surface area contributed by atoms with Crippen LogP contribution >= 0.6 is 11.8 Å². The van der Waals surface area contributed by atoms with Crippen LogP contribution < -0.4 is 9.47 Å². The van der Waals surface area contributed by atoms with Gasteiger partial charge in [0.1, 0.15) is 23.8 Å². The number of likely N-dealkylation sites (tertiary alicyclic amines) is 1. The zero-order valence-corrected chi connectivity index (χ0v) is 23.0. The maximum atomic E-state index is 12.4. The number of carbonyl (C=O) groups excluding carboxylic acids is 3. The maximum Gasteiger partial charge on any atom is 0.410 e. The summed E-state index contributed by atoms with van der Waals surface area (Å²) in [7, 11) is 0. The van der Waals surface area contributed by atoms with Crippen LogP contribution in [-0.4, -0.2) is 68.3 Å². The van der Waals surface area contributed by atoms with Crippen molar-refractivity contribution in [3.63, 3.8) is 0 Å². The van der Waals surface area contributed by atoms with E-state index in [1.54, 1.807) is 36.1 Å². The number of imide groups is 1. The minimum atomic E-state index is -0.530. The average molecular weight is 541 g/mol. The van der Waals surface area contributed by atoms with Gasteiger partial charge in [-0.2, -0.15) is 0 Å². The number of ether oxygens (including phenoxy) is 3. The smallest absolute Gasteiger partial charge is 0.410 e. The van der Waals surface area contributed by atoms with Crippen LogP contribution in [-0.2, 0) is 9.53 Å². The Morgan fingerprint density at radius 1 is 1.16 bits per heavy atom. The first-order chi connectivity index (χ1) is 18.0. The third-order valence-corrected chi connectivity index (χ3v) is 6.83. The summed E-state index contributed by atoms with van der Waals surface area (Å²) in [4.78, 5) is 48.5. The third-order valence-electron chi connectivity index (χ3n) is 5.92. The van der Waals surface area contributed by atoms with E-state index in [0.29, 0.717) is 60.5 Å². The van der Waals surface area contributed by atoms with E-state index in [0.717, 1.165) is 17.3 Å². The van der Waals surface area contributed by atoms with Gasteiger partial charge in [0.15, 0.2) is 0 Å². The molecule has 4 rings (SSSR count). The molecule has 3 amide bonds. The lowest BCUT2D eigenvalue weighted by Crippen LogP contribution is -2.44. The second-order valence-corrected chi connectivity index (χ2v) is 11.0. The van der Waals surface area contributed by atoms with Crippen molar-refractivity contribution in [1.29, 1.82) is 0 Å². The quantitative estimate of drug-likeness (QED) is 0.444. The summed E-state index contributed by atoms with van der Waals surface area (Å²) in [6.07, 6.45) is 3.97. The first kappa shape index (κ1) is 27.4. The van der Waals surface area contributed by atoms with Gasteiger partial charge in [-0.25, -0.2) is 14.8 Å². The lowest BCUT2D eigenvalue weighted by atomic mass is 10.1. The minimum absolute atomic E-state index is 0.100. The maximum absolute atomic E-state index is 12.4. The molecule has 0 radical (unpaired) electrons. The van der Waals surface area contributed by atoms with Gasteiger partial charge in [0.2, 0.25) is 11.8 Å². The lowest BCUT2D eigenvalue weighted by Gasteiger charge is -2.33. The van der Waals surface area contributed by atoms with Gasteiger partial charge in [-0.3, -0.25) is 14.5 Å². The Morgan fingerprint density at radius 3 is 2.53 bits per heavy atom. The number of nitrogens with zero attached hydrogens (tertiary/aromatic N) is 4. The fraction of sp³-hybridized carbons (Fsp3) is 0.444. The van der Waals surface area contributed by atoms with E-state index in [9.17, 15) is 14.4 Å². The Labute approximate surface area is 226 Å². The first-order valence-corrected chi connectivity index (χ1v) is 13.3. The summed E-state index contributed by atoms with van der Waals surface area (Å²) in [5, 5.41) is -0.268. The van der Waals surface area contributed by atoms with Crippen LogP contribution in [0.2, 0.25) is 0 Å². The fourth-order valence-electron chi connectivity index (χ4n) is 3.98. The Bertz CT molecular complexity index is 1250. The van der Waals surface area contributed by atoms with Crippen molar-refractivity contribution < 1.29 is 28.6 Å². The lowest BCUT2D eigenvalue weighted by molar-refractivity contribution is -0.122. The van der Waals surface area contributed by atoms with E-state index in [1.165, 1.54) is 11.2 Å². The molecule has 3 heterocycles. The van der Waals surface area contributed by atoms with Crippen LogP contribution in [0.25, 0.3) is 6.08 Å². The standard InChI is InChI=1S/C27H32N4O6S/c1-6-31-24(32)21(38-26(31)34)15-18-8-7-9-20(14-18)36-23-17(2)22(28-16-29-23)35-19-10-12-30(13-11-19)25(33)37-27(3,4)5/h7-9,14-16,19H,6,10-13H2,1-5H3/b21-15-. The van der Waals surface area contributed by atoms with Crippen molar-refractivity contribution in [2.24, 2.45) is 0 Å². The normalized spacial score (nSPS) is 17.8. The zero-order chi connectivity index (χ0) is 27.4. The monoisotopic (exact) mass is 540 g/mol. The summed E-state index contributed by atoms with van der Waals surface area (Å²) in [6.45, 7) is 10.6. The molecule has 2 aliphatic heterocycles. The van der Waals surface area contributed by atoms with E-state index in [-0.39, 0.29) is 23.3 Å². The number of thioether (sulfide) groups is 1. The van der Waals surface area contributed by atoms with Crippen LogP contribution in [0.1, 0.15) is 51.7 Å². The molecule has 38 heavy (non-hydrogen) atoms. The zero-order valence-electron chi connectivity index (χ0n) is 22.2. The molecule has 2 fully saturated rings. The number of likely N-dealkylation sites (N-methyl/N-ethyl adjacent to an activating group) is 1.